The van der Waals surface area contributed by atoms with Crippen LogP contribution in [0.3, 0.4) is 0 Å². The van der Waals surface area contributed by atoms with E-state index in [2.05, 4.69) is 20.7 Å². The number of carbonyl (C=O) groups is 1. The molecule has 9 heteroatoms. The molecular weight excluding hydrogens is 441 g/mol. The van der Waals surface area contributed by atoms with Crippen LogP contribution in [0.5, 0.6) is 0 Å². The number of methoxy groups -OCH3 is 1. The van der Waals surface area contributed by atoms with E-state index in [1.54, 1.807) is 18.2 Å². The third-order valence-corrected chi connectivity index (χ3v) is 6.21. The molecule has 0 amide bonds. The van der Waals surface area contributed by atoms with Gasteiger partial charge in [0.05, 0.1) is 27.7 Å². The Morgan fingerprint density at radius 3 is 2.38 bits per heavy atom. The molecule has 2 rings (SSSR count). The standard InChI is InChI=1S/C15H12BrCl2NO4S/c1-23-14(20)9-19(13-4-2-3-12(17)15(13)18)24(21,22)11-7-5-10(16)6-8-11/h2-8H,9H2,1H3. The van der Waals surface area contributed by atoms with Crippen LogP contribution in [0.2, 0.25) is 10.0 Å². The smallest absolute Gasteiger partial charge is 0.326 e. The molecule has 0 aliphatic heterocycles. The van der Waals surface area contributed by atoms with E-state index in [0.29, 0.717) is 0 Å². The van der Waals surface area contributed by atoms with Crippen LogP contribution in [0.25, 0.3) is 0 Å². The zero-order valence-corrected chi connectivity index (χ0v) is 16.3. The minimum atomic E-state index is -4.05. The molecule has 0 bridgehead atoms. The van der Waals surface area contributed by atoms with E-state index < -0.39 is 22.5 Å². The molecule has 0 spiro atoms. The number of nitrogens with zero attached hydrogens (tertiary/aromatic N) is 1. The highest BCUT2D eigenvalue weighted by Gasteiger charge is 2.29. The molecule has 5 nitrogen and oxygen atoms in total. The zero-order valence-electron chi connectivity index (χ0n) is 12.4. The lowest BCUT2D eigenvalue weighted by molar-refractivity contribution is -0.138. The van der Waals surface area contributed by atoms with Gasteiger partial charge in [0.25, 0.3) is 10.0 Å². The number of carbonyl (C=O) groups excluding carboxylic acids is 1. The van der Waals surface area contributed by atoms with Gasteiger partial charge in [-0.2, -0.15) is 0 Å². The molecule has 2 aromatic carbocycles. The molecule has 0 aliphatic rings. The van der Waals surface area contributed by atoms with Crippen LogP contribution in [0.15, 0.2) is 51.8 Å². The summed E-state index contributed by atoms with van der Waals surface area (Å²) in [4.78, 5) is 11.7. The molecule has 0 saturated carbocycles. The third-order valence-electron chi connectivity index (χ3n) is 3.10. The Morgan fingerprint density at radius 1 is 1.17 bits per heavy atom. The van der Waals surface area contributed by atoms with Crippen LogP contribution in [0.4, 0.5) is 5.69 Å². The van der Waals surface area contributed by atoms with Crippen molar-refractivity contribution in [2.75, 3.05) is 18.0 Å². The fraction of sp³-hybridized carbons (Fsp3) is 0.133. The number of hydrogen-bond donors (Lipinski definition) is 0. The van der Waals surface area contributed by atoms with Gasteiger partial charge < -0.3 is 4.74 Å². The van der Waals surface area contributed by atoms with E-state index in [9.17, 15) is 13.2 Å². The highest BCUT2D eigenvalue weighted by atomic mass is 79.9. The Bertz CT molecular complexity index is 856. The molecule has 24 heavy (non-hydrogen) atoms. The van der Waals surface area contributed by atoms with Gasteiger partial charge in [-0.15, -0.1) is 0 Å². The van der Waals surface area contributed by atoms with Gasteiger partial charge in [-0.25, -0.2) is 8.42 Å². The Kier molecular flexibility index (Phi) is 6.14. The molecular formula is C15H12BrCl2NO4S. The fourth-order valence-electron chi connectivity index (χ4n) is 1.90. The first kappa shape index (κ1) is 19.1. The van der Waals surface area contributed by atoms with Gasteiger partial charge in [-0.3, -0.25) is 9.10 Å². The number of ether oxygens (including phenoxy) is 1. The molecule has 128 valence electrons. The zero-order chi connectivity index (χ0) is 17.9. The molecule has 0 saturated heterocycles. The van der Waals surface area contributed by atoms with Gasteiger partial charge >= 0.3 is 5.97 Å². The monoisotopic (exact) mass is 451 g/mol. The van der Waals surface area contributed by atoms with Crippen LogP contribution in [-0.4, -0.2) is 28.0 Å². The first-order chi connectivity index (χ1) is 11.3. The Morgan fingerprint density at radius 2 is 1.79 bits per heavy atom. The average Bonchev–Trinajstić information content (AvgIpc) is 2.55. The van der Waals surface area contributed by atoms with Gasteiger partial charge in [0.2, 0.25) is 0 Å². The SMILES string of the molecule is COC(=O)CN(c1cccc(Cl)c1Cl)S(=O)(=O)c1ccc(Br)cc1. The van der Waals surface area contributed by atoms with Crippen LogP contribution in [0.1, 0.15) is 0 Å². The van der Waals surface area contributed by atoms with Gasteiger partial charge in [-0.1, -0.05) is 45.2 Å². The number of anilines is 1. The summed E-state index contributed by atoms with van der Waals surface area (Å²) < 4.78 is 32.1. The number of rotatable bonds is 5. The van der Waals surface area contributed by atoms with Crippen LogP contribution >= 0.6 is 39.1 Å². The highest BCUT2D eigenvalue weighted by molar-refractivity contribution is 9.10. The number of sulfonamides is 1. The highest BCUT2D eigenvalue weighted by Crippen LogP contribution is 2.35. The van der Waals surface area contributed by atoms with E-state index in [1.807, 2.05) is 0 Å². The quantitative estimate of drug-likeness (QED) is 0.640. The lowest BCUT2D eigenvalue weighted by atomic mass is 10.3. The predicted octanol–water partition coefficient (Wildman–Crippen LogP) is 4.12. The summed E-state index contributed by atoms with van der Waals surface area (Å²) in [5, 5.41) is 0.207. The van der Waals surface area contributed by atoms with Crippen molar-refractivity contribution in [3.8, 4) is 0 Å². The second kappa shape index (κ2) is 7.74. The normalized spacial score (nSPS) is 11.2. The van der Waals surface area contributed by atoms with E-state index in [0.717, 1.165) is 8.78 Å². The van der Waals surface area contributed by atoms with E-state index >= 15 is 0 Å². The molecule has 0 N–H and O–H groups in total. The van der Waals surface area contributed by atoms with E-state index in [4.69, 9.17) is 23.2 Å². The van der Waals surface area contributed by atoms with E-state index in [1.165, 1.54) is 31.4 Å². The largest absolute Gasteiger partial charge is 0.468 e. The number of hydrogen-bond acceptors (Lipinski definition) is 4. The second-order valence-electron chi connectivity index (χ2n) is 4.61. The summed E-state index contributed by atoms with van der Waals surface area (Å²) >= 11 is 15.4. The van der Waals surface area contributed by atoms with Crippen molar-refractivity contribution in [2.45, 2.75) is 4.90 Å². The summed E-state index contributed by atoms with van der Waals surface area (Å²) in [5.41, 5.74) is 0.0949. The Hall–Kier alpha value is -1.28. The summed E-state index contributed by atoms with van der Waals surface area (Å²) in [6.07, 6.45) is 0. The van der Waals surface area contributed by atoms with Crippen molar-refractivity contribution in [3.05, 3.63) is 57.0 Å². The molecule has 0 aliphatic carbocycles. The number of halogens is 3. The number of benzene rings is 2. The van der Waals surface area contributed by atoms with Crippen LogP contribution < -0.4 is 4.31 Å². The van der Waals surface area contributed by atoms with Gasteiger partial charge in [-0.05, 0) is 36.4 Å². The van der Waals surface area contributed by atoms with Gasteiger partial charge in [0.15, 0.2) is 0 Å². The van der Waals surface area contributed by atoms with E-state index in [-0.39, 0.29) is 20.6 Å². The van der Waals surface area contributed by atoms with Crippen LogP contribution in [-0.2, 0) is 19.6 Å². The van der Waals surface area contributed by atoms with Crippen molar-refractivity contribution in [3.63, 3.8) is 0 Å². The lowest BCUT2D eigenvalue weighted by Crippen LogP contribution is -2.36. The predicted molar refractivity (Wildman–Crippen MR) is 97.2 cm³/mol. The van der Waals surface area contributed by atoms with Crippen molar-refractivity contribution >= 4 is 60.8 Å². The van der Waals surface area contributed by atoms with Crippen LogP contribution in [0, 0.1) is 0 Å². The number of esters is 1. The summed E-state index contributed by atoms with van der Waals surface area (Å²) in [6, 6.07) is 10.5. The van der Waals surface area contributed by atoms with Gasteiger partial charge in [0, 0.05) is 4.47 Å². The lowest BCUT2D eigenvalue weighted by Gasteiger charge is -2.24. The molecule has 0 fully saturated rings. The minimum absolute atomic E-state index is 0.00523. The molecule has 2 aromatic rings. The maximum Gasteiger partial charge on any atom is 0.326 e. The van der Waals surface area contributed by atoms with Crippen molar-refractivity contribution in [1.82, 2.24) is 0 Å². The maximum atomic E-state index is 13.0. The molecule has 0 heterocycles. The third kappa shape index (κ3) is 4.03. The fourth-order valence-corrected chi connectivity index (χ4v) is 4.03. The van der Waals surface area contributed by atoms with Crippen molar-refractivity contribution in [2.24, 2.45) is 0 Å². The average molecular weight is 453 g/mol. The topological polar surface area (TPSA) is 63.7 Å². The molecule has 0 unspecified atom stereocenters. The first-order valence-electron chi connectivity index (χ1n) is 6.56. The van der Waals surface area contributed by atoms with Crippen molar-refractivity contribution in [1.29, 1.82) is 0 Å². The molecule has 0 atom stereocenters. The summed E-state index contributed by atoms with van der Waals surface area (Å²) in [7, 11) is -2.87. The van der Waals surface area contributed by atoms with Gasteiger partial charge in [0.1, 0.15) is 6.54 Å². The summed E-state index contributed by atoms with van der Waals surface area (Å²) in [5.74, 6) is -0.730. The minimum Gasteiger partial charge on any atom is -0.468 e. The Labute approximate surface area is 158 Å². The molecule has 0 radical (unpaired) electrons. The van der Waals surface area contributed by atoms with Crippen molar-refractivity contribution < 1.29 is 17.9 Å². The maximum absolute atomic E-state index is 13.0. The summed E-state index contributed by atoms with van der Waals surface area (Å²) in [6.45, 7) is -0.533. The second-order valence-corrected chi connectivity index (χ2v) is 8.18. The first-order valence-corrected chi connectivity index (χ1v) is 9.55. The molecule has 0 aromatic heterocycles. The Balaban J connectivity index is 2.59.